The number of amides is 2. The Labute approximate surface area is 157 Å². The van der Waals surface area contributed by atoms with Crippen LogP contribution in [0.5, 0.6) is 0 Å². The van der Waals surface area contributed by atoms with Crippen LogP contribution in [0.4, 0.5) is 9.59 Å². The van der Waals surface area contributed by atoms with Crippen molar-refractivity contribution in [2.75, 3.05) is 26.7 Å². The number of hydrogen-bond donors (Lipinski definition) is 3. The second kappa shape index (κ2) is 9.09. The number of aliphatic hydroxyl groups is 1. The number of alkyl carbamates (subject to hydrolysis) is 1. The summed E-state index contributed by atoms with van der Waals surface area (Å²) < 4.78 is 4.54. The van der Waals surface area contributed by atoms with Crippen molar-refractivity contribution in [3.63, 3.8) is 0 Å². The standard InChI is InChI=1S/C18H25ClN2O5/c1-26-16(22)20-9-4-8-18(25,13-5-2-7-15(19)11-13)14-6-3-10-21(12-14)17(23)24/h2,5,7,11,14,25H,3-4,6,8-10,12H2,1H3,(H,20,22)(H,23,24)/t14?,18-/m1/s1. The van der Waals surface area contributed by atoms with Gasteiger partial charge in [0.2, 0.25) is 0 Å². The number of likely N-dealkylation sites (tertiary alicyclic amines) is 1. The molecule has 2 rings (SSSR count). The van der Waals surface area contributed by atoms with E-state index in [1.54, 1.807) is 24.3 Å². The van der Waals surface area contributed by atoms with E-state index in [0.717, 1.165) is 6.42 Å². The number of nitrogens with one attached hydrogen (secondary N) is 1. The average molecular weight is 385 g/mol. The van der Waals surface area contributed by atoms with E-state index in [2.05, 4.69) is 10.1 Å². The number of nitrogens with zero attached hydrogens (tertiary/aromatic N) is 1. The van der Waals surface area contributed by atoms with Crippen LogP contribution in [-0.2, 0) is 10.3 Å². The lowest BCUT2D eigenvalue weighted by molar-refractivity contribution is -0.0574. The first-order valence-electron chi connectivity index (χ1n) is 8.65. The van der Waals surface area contributed by atoms with Gasteiger partial charge in [0.1, 0.15) is 0 Å². The topological polar surface area (TPSA) is 99.1 Å². The molecule has 1 aliphatic heterocycles. The van der Waals surface area contributed by atoms with E-state index >= 15 is 0 Å². The molecule has 8 heteroatoms. The van der Waals surface area contributed by atoms with Crippen molar-refractivity contribution in [1.29, 1.82) is 0 Å². The third kappa shape index (κ3) is 5.02. The monoisotopic (exact) mass is 384 g/mol. The first-order valence-corrected chi connectivity index (χ1v) is 9.02. The molecule has 1 saturated heterocycles. The Hall–Kier alpha value is -1.99. The van der Waals surface area contributed by atoms with Crippen molar-refractivity contribution >= 4 is 23.8 Å². The molecular weight excluding hydrogens is 360 g/mol. The number of hydrogen-bond acceptors (Lipinski definition) is 4. The first kappa shape index (κ1) is 20.3. The quantitative estimate of drug-likeness (QED) is 0.654. The van der Waals surface area contributed by atoms with E-state index in [9.17, 15) is 19.8 Å². The summed E-state index contributed by atoms with van der Waals surface area (Å²) in [6.45, 7) is 1.09. The normalized spacial score (nSPS) is 19.5. The molecule has 7 nitrogen and oxygen atoms in total. The molecule has 1 unspecified atom stereocenters. The summed E-state index contributed by atoms with van der Waals surface area (Å²) >= 11 is 6.10. The predicted octanol–water partition coefficient (Wildman–Crippen LogP) is 3.05. The Morgan fingerprint density at radius 1 is 1.46 bits per heavy atom. The van der Waals surface area contributed by atoms with Gasteiger partial charge in [-0.25, -0.2) is 9.59 Å². The molecule has 0 radical (unpaired) electrons. The van der Waals surface area contributed by atoms with Crippen LogP contribution in [0.15, 0.2) is 24.3 Å². The van der Waals surface area contributed by atoms with Gasteiger partial charge in [0, 0.05) is 30.6 Å². The van der Waals surface area contributed by atoms with Gasteiger partial charge in [-0.15, -0.1) is 0 Å². The van der Waals surface area contributed by atoms with Gasteiger partial charge in [-0.05, 0) is 43.4 Å². The van der Waals surface area contributed by atoms with E-state index in [4.69, 9.17) is 11.6 Å². The smallest absolute Gasteiger partial charge is 0.407 e. The van der Waals surface area contributed by atoms with Crippen molar-refractivity contribution < 1.29 is 24.5 Å². The van der Waals surface area contributed by atoms with Gasteiger partial charge in [0.05, 0.1) is 12.7 Å². The summed E-state index contributed by atoms with van der Waals surface area (Å²) in [4.78, 5) is 23.9. The van der Waals surface area contributed by atoms with Crippen molar-refractivity contribution in [3.05, 3.63) is 34.9 Å². The Kier molecular flexibility index (Phi) is 7.11. The fraction of sp³-hybridized carbons (Fsp3) is 0.556. The summed E-state index contributed by atoms with van der Waals surface area (Å²) in [6.07, 6.45) is 0.802. The van der Waals surface area contributed by atoms with Gasteiger partial charge in [-0.3, -0.25) is 0 Å². The highest BCUT2D eigenvalue weighted by atomic mass is 35.5. The van der Waals surface area contributed by atoms with Crippen LogP contribution in [0.2, 0.25) is 5.02 Å². The van der Waals surface area contributed by atoms with Gasteiger partial charge >= 0.3 is 12.2 Å². The third-order valence-electron chi connectivity index (χ3n) is 4.88. The van der Waals surface area contributed by atoms with Crippen molar-refractivity contribution in [2.24, 2.45) is 5.92 Å². The van der Waals surface area contributed by atoms with Gasteiger partial charge in [0.25, 0.3) is 0 Å². The third-order valence-corrected chi connectivity index (χ3v) is 5.12. The molecular formula is C18H25ClN2O5. The van der Waals surface area contributed by atoms with E-state index in [0.29, 0.717) is 42.9 Å². The molecule has 3 N–H and O–H groups in total. The molecule has 0 aliphatic carbocycles. The van der Waals surface area contributed by atoms with Crippen molar-refractivity contribution in [3.8, 4) is 0 Å². The zero-order valence-corrected chi connectivity index (χ0v) is 15.5. The number of methoxy groups -OCH3 is 1. The number of benzene rings is 1. The molecule has 1 heterocycles. The van der Waals surface area contributed by atoms with E-state index in [1.165, 1.54) is 12.0 Å². The number of piperidine rings is 1. The fourth-order valence-electron chi connectivity index (χ4n) is 3.50. The maximum Gasteiger partial charge on any atom is 0.407 e. The summed E-state index contributed by atoms with van der Waals surface area (Å²) in [5.41, 5.74) is -0.558. The van der Waals surface area contributed by atoms with Crippen molar-refractivity contribution in [1.82, 2.24) is 10.2 Å². The number of halogens is 1. The van der Waals surface area contributed by atoms with Crippen LogP contribution < -0.4 is 5.32 Å². The molecule has 0 spiro atoms. The highest BCUT2D eigenvalue weighted by Gasteiger charge is 2.41. The fourth-order valence-corrected chi connectivity index (χ4v) is 3.69. The highest BCUT2D eigenvalue weighted by molar-refractivity contribution is 6.30. The van der Waals surface area contributed by atoms with Crippen LogP contribution in [0.3, 0.4) is 0 Å². The van der Waals surface area contributed by atoms with E-state index in [1.807, 2.05) is 0 Å². The van der Waals surface area contributed by atoms with Crippen LogP contribution >= 0.6 is 11.6 Å². The highest BCUT2D eigenvalue weighted by Crippen LogP contribution is 2.40. The van der Waals surface area contributed by atoms with E-state index in [-0.39, 0.29) is 12.5 Å². The number of rotatable bonds is 6. The van der Waals surface area contributed by atoms with Crippen LogP contribution in [0, 0.1) is 5.92 Å². The molecule has 2 amide bonds. The Morgan fingerprint density at radius 2 is 2.23 bits per heavy atom. The SMILES string of the molecule is COC(=O)NCCC[C@@](O)(c1cccc(Cl)c1)C1CCCN(C(=O)O)C1. The minimum Gasteiger partial charge on any atom is -0.465 e. The molecule has 26 heavy (non-hydrogen) atoms. The minimum absolute atomic E-state index is 0.246. The molecule has 0 bridgehead atoms. The molecule has 144 valence electrons. The van der Waals surface area contributed by atoms with E-state index < -0.39 is 17.8 Å². The zero-order chi connectivity index (χ0) is 19.2. The number of carboxylic acid groups (broad SMARTS) is 1. The molecule has 0 saturated carbocycles. The Bertz CT molecular complexity index is 642. The second-order valence-corrected chi connectivity index (χ2v) is 6.96. The summed E-state index contributed by atoms with van der Waals surface area (Å²) in [7, 11) is 1.29. The second-order valence-electron chi connectivity index (χ2n) is 6.52. The molecule has 1 aliphatic rings. The summed E-state index contributed by atoms with van der Waals surface area (Å²) in [6, 6.07) is 7.02. The molecule has 0 aromatic heterocycles. The Morgan fingerprint density at radius 3 is 2.88 bits per heavy atom. The molecule has 1 fully saturated rings. The molecule has 1 aromatic carbocycles. The predicted molar refractivity (Wildman–Crippen MR) is 97.3 cm³/mol. The van der Waals surface area contributed by atoms with Gasteiger partial charge in [0.15, 0.2) is 0 Å². The maximum absolute atomic E-state index is 11.5. The summed E-state index contributed by atoms with van der Waals surface area (Å²) in [5.74, 6) is -0.246. The first-order chi connectivity index (χ1) is 12.4. The number of carbonyl (C=O) groups is 2. The number of ether oxygens (including phenoxy) is 1. The summed E-state index contributed by atoms with van der Waals surface area (Å²) in [5, 5.41) is 23.9. The van der Waals surface area contributed by atoms with Crippen molar-refractivity contribution in [2.45, 2.75) is 31.3 Å². The lowest BCUT2D eigenvalue weighted by Gasteiger charge is -2.42. The van der Waals surface area contributed by atoms with Gasteiger partial charge in [-0.1, -0.05) is 23.7 Å². The lowest BCUT2D eigenvalue weighted by Crippen LogP contribution is -2.48. The average Bonchev–Trinajstić information content (AvgIpc) is 2.64. The van der Waals surface area contributed by atoms with Crippen LogP contribution in [-0.4, -0.2) is 54.0 Å². The Balaban J connectivity index is 2.18. The van der Waals surface area contributed by atoms with Crippen LogP contribution in [0.25, 0.3) is 0 Å². The van der Waals surface area contributed by atoms with Gasteiger partial charge in [-0.2, -0.15) is 0 Å². The lowest BCUT2D eigenvalue weighted by atomic mass is 9.74. The largest absolute Gasteiger partial charge is 0.465 e. The molecule has 2 atom stereocenters. The minimum atomic E-state index is -1.23. The van der Waals surface area contributed by atoms with Gasteiger partial charge < -0.3 is 25.2 Å². The molecule has 1 aromatic rings. The maximum atomic E-state index is 11.5. The number of carbonyl (C=O) groups excluding carboxylic acids is 1. The zero-order valence-electron chi connectivity index (χ0n) is 14.8. The van der Waals surface area contributed by atoms with Crippen LogP contribution in [0.1, 0.15) is 31.2 Å².